The van der Waals surface area contributed by atoms with Crippen LogP contribution in [0.3, 0.4) is 0 Å². The third-order valence-electron chi connectivity index (χ3n) is 4.14. The molecule has 28 heavy (non-hydrogen) atoms. The van der Waals surface area contributed by atoms with Crippen molar-refractivity contribution in [2.75, 3.05) is 26.9 Å². The number of nitrogens with zero attached hydrogens (tertiary/aromatic N) is 3. The first kappa shape index (κ1) is 21.3. The van der Waals surface area contributed by atoms with Crippen LogP contribution in [0.15, 0.2) is 51.9 Å². The van der Waals surface area contributed by atoms with Crippen molar-refractivity contribution in [3.8, 4) is 0 Å². The van der Waals surface area contributed by atoms with Gasteiger partial charge in [-0.25, -0.2) is 9.59 Å². The predicted octanol–water partition coefficient (Wildman–Crippen LogP) is 3.14. The molecule has 0 spiro atoms. The Balaban J connectivity index is 2.53. The predicted molar refractivity (Wildman–Crippen MR) is 102 cm³/mol. The number of nitrogens with one attached hydrogen (secondary N) is 1. The summed E-state index contributed by atoms with van der Waals surface area (Å²) in [4.78, 5) is 27.2. The first-order valence-electron chi connectivity index (χ1n) is 8.27. The molecule has 1 atom stereocenters. The first-order valence-corrected chi connectivity index (χ1v) is 8.65. The van der Waals surface area contributed by atoms with E-state index in [-0.39, 0.29) is 36.6 Å². The fourth-order valence-corrected chi connectivity index (χ4v) is 3.23. The fraction of sp³-hybridized carbons (Fsp3) is 0.333. The Labute approximate surface area is 166 Å². The number of rotatable bonds is 8. The van der Waals surface area contributed by atoms with Crippen LogP contribution < -0.4 is 5.32 Å². The number of aliphatic carboxylic acids is 1. The minimum Gasteiger partial charge on any atom is -0.478 e. The van der Waals surface area contributed by atoms with Crippen LogP contribution in [0.4, 0.5) is 0 Å². The molecule has 1 heterocycles. The molecule has 148 valence electrons. The van der Waals surface area contributed by atoms with E-state index in [1.165, 1.54) is 7.11 Å². The van der Waals surface area contributed by atoms with E-state index in [0.29, 0.717) is 16.3 Å². The lowest BCUT2D eigenvalue weighted by Gasteiger charge is -2.31. The van der Waals surface area contributed by atoms with Gasteiger partial charge in [0.15, 0.2) is 0 Å². The van der Waals surface area contributed by atoms with E-state index >= 15 is 0 Å². The van der Waals surface area contributed by atoms with Gasteiger partial charge in [-0.05, 0) is 24.1 Å². The van der Waals surface area contributed by atoms with Gasteiger partial charge in [0.25, 0.3) is 0 Å². The third kappa shape index (κ3) is 4.64. The molecular formula is C18H19ClN4O5. The molecule has 2 N–H and O–H groups in total. The molecule has 0 unspecified atom stereocenters. The molecule has 0 aliphatic carbocycles. The number of halogens is 1. The second-order valence-electron chi connectivity index (χ2n) is 5.81. The standard InChI is InChI=1S/C18H19ClN4O5/c1-10-14(18(26)27-2)15(11-5-3-4-6-12(11)19)16(17(24)25)13(22-10)9-28-8-7-21-23-20/h3-6,15,22H,7-9H2,1-2H3,(H,24,25)/t15-/m1/s1. The largest absolute Gasteiger partial charge is 0.478 e. The Bertz CT molecular complexity index is 890. The van der Waals surface area contributed by atoms with Crippen LogP contribution in [0.2, 0.25) is 5.02 Å². The van der Waals surface area contributed by atoms with Gasteiger partial charge in [-0.1, -0.05) is 34.9 Å². The summed E-state index contributed by atoms with van der Waals surface area (Å²) in [6.45, 7) is 1.80. The highest BCUT2D eigenvalue weighted by molar-refractivity contribution is 6.31. The molecule has 1 aliphatic rings. The van der Waals surface area contributed by atoms with Crippen LogP contribution in [-0.2, 0) is 19.1 Å². The summed E-state index contributed by atoms with van der Waals surface area (Å²) in [7, 11) is 1.23. The number of allylic oxidation sites excluding steroid dienone is 1. The van der Waals surface area contributed by atoms with Crippen LogP contribution in [0.5, 0.6) is 0 Å². The number of benzene rings is 1. The second-order valence-corrected chi connectivity index (χ2v) is 6.22. The van der Waals surface area contributed by atoms with Crippen molar-refractivity contribution in [1.29, 1.82) is 0 Å². The first-order chi connectivity index (χ1) is 13.4. The molecule has 2 rings (SSSR count). The molecule has 1 aromatic carbocycles. The molecule has 0 saturated carbocycles. The van der Waals surface area contributed by atoms with Crippen molar-refractivity contribution in [1.82, 2.24) is 5.32 Å². The molecule has 0 saturated heterocycles. The molecule has 9 nitrogen and oxygen atoms in total. The van der Waals surface area contributed by atoms with E-state index in [0.717, 1.165) is 0 Å². The number of carbonyl (C=O) groups excluding carboxylic acids is 1. The maximum atomic E-state index is 12.4. The number of carbonyl (C=O) groups is 2. The summed E-state index contributed by atoms with van der Waals surface area (Å²) in [5.41, 5.74) is 9.58. The highest BCUT2D eigenvalue weighted by Gasteiger charge is 2.38. The highest BCUT2D eigenvalue weighted by atomic mass is 35.5. The van der Waals surface area contributed by atoms with Gasteiger partial charge in [-0.2, -0.15) is 0 Å². The van der Waals surface area contributed by atoms with Crippen molar-refractivity contribution in [3.05, 3.63) is 67.8 Å². The third-order valence-corrected chi connectivity index (χ3v) is 4.49. The number of hydrogen-bond acceptors (Lipinski definition) is 6. The van der Waals surface area contributed by atoms with Gasteiger partial charge >= 0.3 is 11.9 Å². The maximum Gasteiger partial charge on any atom is 0.336 e. The van der Waals surface area contributed by atoms with Gasteiger partial charge in [0.2, 0.25) is 0 Å². The van der Waals surface area contributed by atoms with E-state index in [9.17, 15) is 14.7 Å². The van der Waals surface area contributed by atoms with Crippen LogP contribution in [-0.4, -0.2) is 43.9 Å². The number of methoxy groups -OCH3 is 1. The quantitative estimate of drug-likeness (QED) is 0.224. The van der Waals surface area contributed by atoms with Gasteiger partial charge in [0.05, 0.1) is 43.1 Å². The number of dihydropyridines is 1. The molecule has 0 amide bonds. The summed E-state index contributed by atoms with van der Waals surface area (Å²) in [5.74, 6) is -2.81. The van der Waals surface area contributed by atoms with E-state index < -0.39 is 17.9 Å². The minimum absolute atomic E-state index is 0.0668. The maximum absolute atomic E-state index is 12.4. The van der Waals surface area contributed by atoms with Crippen molar-refractivity contribution in [2.24, 2.45) is 5.11 Å². The summed E-state index contributed by atoms with van der Waals surface area (Å²) in [6.07, 6.45) is 0. The monoisotopic (exact) mass is 406 g/mol. The molecule has 0 fully saturated rings. The Kier molecular flexibility index (Phi) is 7.45. The lowest BCUT2D eigenvalue weighted by Crippen LogP contribution is -2.34. The number of carboxylic acids is 1. The Morgan fingerprint density at radius 2 is 2.07 bits per heavy atom. The topological polar surface area (TPSA) is 134 Å². The number of ether oxygens (including phenoxy) is 2. The Morgan fingerprint density at radius 1 is 1.36 bits per heavy atom. The normalized spacial score (nSPS) is 16.3. The summed E-state index contributed by atoms with van der Waals surface area (Å²) >= 11 is 6.31. The SMILES string of the molecule is COC(=O)C1=C(C)NC(COCCN=[N+]=[N-])=C(C(=O)O)[C@@H]1c1ccccc1Cl. The van der Waals surface area contributed by atoms with Crippen LogP contribution in [0, 0.1) is 0 Å². The Morgan fingerprint density at radius 3 is 2.68 bits per heavy atom. The molecule has 1 aliphatic heterocycles. The highest BCUT2D eigenvalue weighted by Crippen LogP contribution is 2.41. The van der Waals surface area contributed by atoms with Crippen LogP contribution in [0.1, 0.15) is 18.4 Å². The lowest BCUT2D eigenvalue weighted by molar-refractivity contribution is -0.136. The zero-order valence-electron chi connectivity index (χ0n) is 15.3. The average Bonchev–Trinajstić information content (AvgIpc) is 2.66. The van der Waals surface area contributed by atoms with Gasteiger partial charge < -0.3 is 19.9 Å². The lowest BCUT2D eigenvalue weighted by atomic mass is 9.80. The smallest absolute Gasteiger partial charge is 0.336 e. The fourth-order valence-electron chi connectivity index (χ4n) is 2.99. The molecule has 10 heteroatoms. The van der Waals surface area contributed by atoms with Crippen molar-refractivity contribution in [2.45, 2.75) is 12.8 Å². The number of azide groups is 1. The number of carboxylic acid groups (broad SMARTS) is 1. The van der Waals surface area contributed by atoms with Gasteiger partial charge in [-0.3, -0.25) is 0 Å². The Hall–Kier alpha value is -3.00. The zero-order chi connectivity index (χ0) is 20.7. The second kappa shape index (κ2) is 9.80. The van der Waals surface area contributed by atoms with E-state index in [4.69, 9.17) is 26.6 Å². The minimum atomic E-state index is -1.22. The van der Waals surface area contributed by atoms with E-state index in [1.54, 1.807) is 31.2 Å². The van der Waals surface area contributed by atoms with Gasteiger partial charge in [0, 0.05) is 22.2 Å². The average molecular weight is 407 g/mol. The number of esters is 1. The van der Waals surface area contributed by atoms with Crippen LogP contribution >= 0.6 is 11.6 Å². The van der Waals surface area contributed by atoms with E-state index in [2.05, 4.69) is 15.3 Å². The number of hydrogen-bond donors (Lipinski definition) is 2. The molecular weight excluding hydrogens is 388 g/mol. The summed E-state index contributed by atoms with van der Waals surface area (Å²) in [5, 5.41) is 16.5. The molecule has 0 radical (unpaired) electrons. The summed E-state index contributed by atoms with van der Waals surface area (Å²) < 4.78 is 10.3. The zero-order valence-corrected chi connectivity index (χ0v) is 16.1. The molecule has 1 aromatic rings. The van der Waals surface area contributed by atoms with Crippen LogP contribution in [0.25, 0.3) is 10.4 Å². The van der Waals surface area contributed by atoms with Gasteiger partial charge in [0.1, 0.15) is 0 Å². The van der Waals surface area contributed by atoms with E-state index in [1.807, 2.05) is 0 Å². The van der Waals surface area contributed by atoms with Gasteiger partial charge in [-0.15, -0.1) is 0 Å². The van der Waals surface area contributed by atoms with Crippen molar-refractivity contribution >= 4 is 23.5 Å². The molecule has 0 bridgehead atoms. The molecule has 0 aromatic heterocycles. The van der Waals surface area contributed by atoms with Crippen molar-refractivity contribution < 1.29 is 24.2 Å². The van der Waals surface area contributed by atoms with Crippen molar-refractivity contribution in [3.63, 3.8) is 0 Å². The summed E-state index contributed by atoms with van der Waals surface area (Å²) in [6, 6.07) is 6.71.